The van der Waals surface area contributed by atoms with Crippen molar-refractivity contribution < 1.29 is 21.1 Å². The standard InChI is InChI=1S/C44H39N5.Pt/c1-28-24-29(2)39(30(3)25-28)40-41(31-14-9-8-10-15-31)49(46-42(40)44(4,5)6)34-20-21-36-35-18-11-12-19-37(35)48(38(36)27-34)33-17-13-16-32(26-33)43-45-22-23-47(43)7;/h8-25H,1-7H3;/q-2;+2. The zero-order chi connectivity index (χ0) is 34.0. The first-order valence-electron chi connectivity index (χ1n) is 16.8. The number of fused-ring (bicyclic) bond motifs is 3. The first-order valence-corrected chi connectivity index (χ1v) is 16.8. The molecule has 0 saturated heterocycles. The van der Waals surface area contributed by atoms with Gasteiger partial charge in [-0.25, -0.2) is 0 Å². The van der Waals surface area contributed by atoms with Crippen LogP contribution in [0.25, 0.3) is 67.0 Å². The smallest absolute Gasteiger partial charge is 0.373 e. The van der Waals surface area contributed by atoms with Crippen LogP contribution in [0.3, 0.4) is 0 Å². The van der Waals surface area contributed by atoms with E-state index in [-0.39, 0.29) is 26.5 Å². The van der Waals surface area contributed by atoms with Crippen LogP contribution < -0.4 is 0 Å². The molecule has 0 unspecified atom stereocenters. The van der Waals surface area contributed by atoms with E-state index in [0.717, 1.165) is 56.1 Å². The van der Waals surface area contributed by atoms with Gasteiger partial charge in [-0.2, -0.15) is 11.2 Å². The largest absolute Gasteiger partial charge is 2.00 e. The first kappa shape index (κ1) is 33.5. The van der Waals surface area contributed by atoms with E-state index in [9.17, 15) is 0 Å². The van der Waals surface area contributed by atoms with Crippen LogP contribution in [0.5, 0.6) is 0 Å². The molecule has 0 atom stereocenters. The molecule has 5 nitrogen and oxygen atoms in total. The van der Waals surface area contributed by atoms with E-state index in [1.807, 2.05) is 24.0 Å². The second-order valence-corrected chi connectivity index (χ2v) is 14.1. The van der Waals surface area contributed by atoms with Crippen LogP contribution in [0.4, 0.5) is 0 Å². The van der Waals surface area contributed by atoms with Gasteiger partial charge in [0.05, 0.1) is 17.2 Å². The number of hydrogen-bond acceptors (Lipinski definition) is 2. The van der Waals surface area contributed by atoms with Crippen molar-refractivity contribution in [3.05, 3.63) is 144 Å². The van der Waals surface area contributed by atoms with Crippen LogP contribution in [0.1, 0.15) is 43.2 Å². The zero-order valence-corrected chi connectivity index (χ0v) is 31.7. The number of imidazole rings is 1. The van der Waals surface area contributed by atoms with Gasteiger partial charge in [0.1, 0.15) is 0 Å². The first-order chi connectivity index (χ1) is 23.6. The molecule has 250 valence electrons. The fourth-order valence-electron chi connectivity index (χ4n) is 7.39. The summed E-state index contributed by atoms with van der Waals surface area (Å²) in [4.78, 5) is 4.60. The van der Waals surface area contributed by atoms with E-state index in [1.54, 1.807) is 0 Å². The van der Waals surface area contributed by atoms with E-state index in [1.165, 1.54) is 33.2 Å². The summed E-state index contributed by atoms with van der Waals surface area (Å²) in [5, 5.41) is 7.79. The summed E-state index contributed by atoms with van der Waals surface area (Å²) in [6.07, 6.45) is 3.79. The van der Waals surface area contributed by atoms with Gasteiger partial charge in [0.25, 0.3) is 0 Å². The summed E-state index contributed by atoms with van der Waals surface area (Å²) in [5.41, 5.74) is 14.1. The summed E-state index contributed by atoms with van der Waals surface area (Å²) in [7, 11) is 2.01. The summed E-state index contributed by atoms with van der Waals surface area (Å²) in [6.45, 7) is 13.4. The van der Waals surface area contributed by atoms with Crippen molar-refractivity contribution in [1.82, 2.24) is 23.9 Å². The van der Waals surface area contributed by atoms with Gasteiger partial charge in [-0.15, -0.1) is 47.3 Å². The Morgan fingerprint density at radius 3 is 2.12 bits per heavy atom. The monoisotopic (exact) mass is 832 g/mol. The minimum Gasteiger partial charge on any atom is -0.373 e. The van der Waals surface area contributed by atoms with Crippen molar-refractivity contribution in [2.24, 2.45) is 7.05 Å². The summed E-state index contributed by atoms with van der Waals surface area (Å²) in [5.74, 6) is 0.875. The second kappa shape index (κ2) is 12.7. The van der Waals surface area contributed by atoms with Crippen molar-refractivity contribution in [2.75, 3.05) is 0 Å². The van der Waals surface area contributed by atoms with E-state index in [4.69, 9.17) is 5.10 Å². The van der Waals surface area contributed by atoms with E-state index < -0.39 is 0 Å². The Balaban J connectivity index is 0.00000392. The molecule has 0 aliphatic carbocycles. The number of benzene rings is 5. The van der Waals surface area contributed by atoms with Gasteiger partial charge < -0.3 is 9.13 Å². The molecule has 0 radical (unpaired) electrons. The van der Waals surface area contributed by atoms with Gasteiger partial charge in [0.15, 0.2) is 0 Å². The van der Waals surface area contributed by atoms with Gasteiger partial charge in [0.2, 0.25) is 0 Å². The SMILES string of the molecule is Cc1cc(C)c(-c2c(C(C)(C)C)nn(-c3[c-]c4c(cc3)c3ccccc3n4-c3[c-]c(-c4nccn4C)ccc3)c2-c2ccccc2)c(C)c1.[Pt+2]. The number of nitrogens with zero attached hydrogens (tertiary/aromatic N) is 5. The number of para-hydroxylation sites is 1. The van der Waals surface area contributed by atoms with Gasteiger partial charge in [-0.3, -0.25) is 9.67 Å². The van der Waals surface area contributed by atoms with E-state index in [2.05, 4.69) is 165 Å². The molecule has 0 spiro atoms. The van der Waals surface area contributed by atoms with Crippen LogP contribution in [0.15, 0.2) is 109 Å². The average molecular weight is 833 g/mol. The Kier molecular flexibility index (Phi) is 8.52. The predicted octanol–water partition coefficient (Wildman–Crippen LogP) is 10.5. The molecule has 50 heavy (non-hydrogen) atoms. The molecule has 6 heteroatoms. The topological polar surface area (TPSA) is 40.6 Å². The maximum Gasteiger partial charge on any atom is 2.00 e. The molecule has 0 amide bonds. The molecule has 3 heterocycles. The molecule has 3 aromatic heterocycles. The molecule has 5 aromatic carbocycles. The van der Waals surface area contributed by atoms with Crippen molar-refractivity contribution >= 4 is 21.8 Å². The third-order valence-corrected chi connectivity index (χ3v) is 9.45. The number of aryl methyl sites for hydroxylation is 4. The predicted molar refractivity (Wildman–Crippen MR) is 202 cm³/mol. The number of hydrogen-bond donors (Lipinski definition) is 0. The fourth-order valence-corrected chi connectivity index (χ4v) is 7.39. The molecule has 0 aliphatic rings. The third-order valence-electron chi connectivity index (χ3n) is 9.45. The van der Waals surface area contributed by atoms with Crippen LogP contribution in [0, 0.1) is 32.9 Å². The average Bonchev–Trinajstić information content (AvgIpc) is 3.78. The van der Waals surface area contributed by atoms with Gasteiger partial charge >= 0.3 is 21.1 Å². The summed E-state index contributed by atoms with van der Waals surface area (Å²) < 4.78 is 6.42. The minimum absolute atomic E-state index is 0. The Hall–Kier alpha value is -4.99. The maximum atomic E-state index is 5.49. The van der Waals surface area contributed by atoms with Gasteiger partial charge in [-0.05, 0) is 60.3 Å². The van der Waals surface area contributed by atoms with Crippen LogP contribution in [-0.4, -0.2) is 23.9 Å². The van der Waals surface area contributed by atoms with Crippen LogP contribution in [0.2, 0.25) is 0 Å². The quantitative estimate of drug-likeness (QED) is 0.162. The van der Waals surface area contributed by atoms with Crippen LogP contribution in [-0.2, 0) is 33.5 Å². The molecule has 8 aromatic rings. The van der Waals surface area contributed by atoms with Gasteiger partial charge in [-0.1, -0.05) is 92.5 Å². The Morgan fingerprint density at radius 2 is 1.42 bits per heavy atom. The Bertz CT molecular complexity index is 2500. The molecule has 0 fully saturated rings. The molecular weight excluding hydrogens is 794 g/mol. The fraction of sp³-hybridized carbons (Fsp3) is 0.182. The molecule has 0 bridgehead atoms. The number of aromatic nitrogens is 5. The molecule has 0 N–H and O–H groups in total. The van der Waals surface area contributed by atoms with Crippen molar-refractivity contribution in [3.63, 3.8) is 0 Å². The zero-order valence-electron chi connectivity index (χ0n) is 29.4. The van der Waals surface area contributed by atoms with Gasteiger partial charge in [0, 0.05) is 41.5 Å². The molecule has 0 aliphatic heterocycles. The maximum absolute atomic E-state index is 5.49. The molecule has 0 saturated carbocycles. The normalized spacial score (nSPS) is 11.7. The molecule has 8 rings (SSSR count). The van der Waals surface area contributed by atoms with Crippen molar-refractivity contribution in [3.8, 4) is 45.1 Å². The Morgan fingerprint density at radius 1 is 0.700 bits per heavy atom. The summed E-state index contributed by atoms with van der Waals surface area (Å²) >= 11 is 0. The Labute approximate surface area is 308 Å². The number of rotatable bonds is 5. The van der Waals surface area contributed by atoms with E-state index in [0.29, 0.717) is 0 Å². The van der Waals surface area contributed by atoms with Crippen LogP contribution >= 0.6 is 0 Å². The summed E-state index contributed by atoms with van der Waals surface area (Å²) in [6, 6.07) is 42.0. The minimum atomic E-state index is -0.215. The van der Waals surface area contributed by atoms with E-state index >= 15 is 0 Å². The molecular formula is C44H39N5Pt. The van der Waals surface area contributed by atoms with Crippen molar-refractivity contribution in [2.45, 2.75) is 47.0 Å². The second-order valence-electron chi connectivity index (χ2n) is 14.1. The third kappa shape index (κ3) is 5.54. The van der Waals surface area contributed by atoms with Crippen molar-refractivity contribution in [1.29, 1.82) is 0 Å².